The van der Waals surface area contributed by atoms with Gasteiger partial charge in [0, 0.05) is 13.1 Å². The summed E-state index contributed by atoms with van der Waals surface area (Å²) in [5, 5.41) is 12.8. The number of nitrogens with zero attached hydrogens (tertiary/aromatic N) is 1. The zero-order valence-electron chi connectivity index (χ0n) is 11.1. The lowest BCUT2D eigenvalue weighted by molar-refractivity contribution is 0.0601. The fourth-order valence-corrected chi connectivity index (χ4v) is 2.42. The van der Waals surface area contributed by atoms with Crippen LogP contribution in [-0.4, -0.2) is 50.5 Å². The number of aliphatic hydroxyl groups is 1. The summed E-state index contributed by atoms with van der Waals surface area (Å²) in [5.74, 6) is -0.343. The average molecular weight is 264 g/mol. The zero-order chi connectivity index (χ0) is 13.7. The number of nitrogens with one attached hydrogen (secondary N) is 1. The van der Waals surface area contributed by atoms with Gasteiger partial charge in [0.25, 0.3) is 0 Å². The smallest absolute Gasteiger partial charge is 0.339 e. The van der Waals surface area contributed by atoms with Crippen molar-refractivity contribution >= 4 is 11.7 Å². The molecule has 1 aliphatic rings. The molecule has 1 aromatic carbocycles. The Morgan fingerprint density at radius 1 is 1.53 bits per heavy atom. The second-order valence-corrected chi connectivity index (χ2v) is 4.60. The Morgan fingerprint density at radius 2 is 2.32 bits per heavy atom. The number of carbonyl (C=O) groups excluding carboxylic acids is 1. The van der Waals surface area contributed by atoms with Gasteiger partial charge in [-0.15, -0.1) is 0 Å². The predicted octanol–water partition coefficient (Wildman–Crippen LogP) is 0.634. The highest BCUT2D eigenvalue weighted by Gasteiger charge is 2.24. The van der Waals surface area contributed by atoms with Crippen LogP contribution in [0.1, 0.15) is 16.8 Å². The molecule has 5 heteroatoms. The van der Waals surface area contributed by atoms with E-state index in [-0.39, 0.29) is 18.6 Å². The third kappa shape index (κ3) is 3.05. The third-order valence-corrected chi connectivity index (χ3v) is 3.40. The van der Waals surface area contributed by atoms with Gasteiger partial charge in [-0.3, -0.25) is 0 Å². The number of ether oxygens (including phenoxy) is 1. The Labute approximate surface area is 113 Å². The first-order chi connectivity index (χ1) is 9.27. The lowest BCUT2D eigenvalue weighted by Gasteiger charge is -2.31. The van der Waals surface area contributed by atoms with E-state index in [1.165, 1.54) is 7.11 Å². The number of methoxy groups -OCH3 is 1. The topological polar surface area (TPSA) is 61.8 Å². The summed E-state index contributed by atoms with van der Waals surface area (Å²) in [5.41, 5.74) is 1.38. The molecule has 1 aliphatic heterocycles. The Balaban J connectivity index is 2.35. The van der Waals surface area contributed by atoms with E-state index < -0.39 is 0 Å². The number of esters is 1. The van der Waals surface area contributed by atoms with Crippen LogP contribution in [0, 0.1) is 0 Å². The monoisotopic (exact) mass is 264 g/mol. The molecule has 2 rings (SSSR count). The van der Waals surface area contributed by atoms with Crippen molar-refractivity contribution in [2.24, 2.45) is 0 Å². The first-order valence-electron chi connectivity index (χ1n) is 6.53. The number of aliphatic hydroxyl groups excluding tert-OH is 1. The van der Waals surface area contributed by atoms with Gasteiger partial charge >= 0.3 is 5.97 Å². The molecule has 0 spiro atoms. The first-order valence-corrected chi connectivity index (χ1v) is 6.53. The van der Waals surface area contributed by atoms with E-state index in [1.54, 1.807) is 6.07 Å². The summed E-state index contributed by atoms with van der Waals surface area (Å²) in [6.45, 7) is 2.51. The molecule has 1 heterocycles. The number of carbonyl (C=O) groups is 1. The highest BCUT2D eigenvalue weighted by atomic mass is 16.5. The summed E-state index contributed by atoms with van der Waals surface area (Å²) in [7, 11) is 1.38. The summed E-state index contributed by atoms with van der Waals surface area (Å²) in [6, 6.07) is 7.36. The lowest BCUT2D eigenvalue weighted by atomic mass is 10.1. The van der Waals surface area contributed by atoms with Crippen molar-refractivity contribution in [2.75, 3.05) is 38.3 Å². The van der Waals surface area contributed by atoms with Crippen LogP contribution < -0.4 is 10.2 Å². The highest BCUT2D eigenvalue weighted by Crippen LogP contribution is 2.24. The average Bonchev–Trinajstić information content (AvgIpc) is 2.71. The van der Waals surface area contributed by atoms with Gasteiger partial charge in [-0.25, -0.2) is 4.79 Å². The number of anilines is 1. The molecular weight excluding hydrogens is 244 g/mol. The third-order valence-electron chi connectivity index (χ3n) is 3.40. The van der Waals surface area contributed by atoms with E-state index >= 15 is 0 Å². The SMILES string of the molecule is COC(=O)c1ccccc1N1CCCNCC1CO. The summed E-state index contributed by atoms with van der Waals surface area (Å²) in [6.07, 6.45) is 0.978. The Bertz CT molecular complexity index is 436. The highest BCUT2D eigenvalue weighted by molar-refractivity contribution is 5.95. The van der Waals surface area contributed by atoms with Crippen molar-refractivity contribution in [3.8, 4) is 0 Å². The fourth-order valence-electron chi connectivity index (χ4n) is 2.42. The second kappa shape index (κ2) is 6.54. The number of hydrogen-bond donors (Lipinski definition) is 2. The van der Waals surface area contributed by atoms with Crippen molar-refractivity contribution in [2.45, 2.75) is 12.5 Å². The summed E-state index contributed by atoms with van der Waals surface area (Å²) >= 11 is 0. The van der Waals surface area contributed by atoms with E-state index in [0.717, 1.165) is 25.2 Å². The molecule has 1 saturated heterocycles. The Kier molecular flexibility index (Phi) is 4.76. The van der Waals surface area contributed by atoms with Crippen molar-refractivity contribution in [3.05, 3.63) is 29.8 Å². The van der Waals surface area contributed by atoms with Crippen LogP contribution in [0.3, 0.4) is 0 Å². The molecule has 0 saturated carbocycles. The van der Waals surface area contributed by atoms with E-state index in [9.17, 15) is 9.90 Å². The maximum absolute atomic E-state index is 11.8. The maximum Gasteiger partial charge on any atom is 0.339 e. The molecule has 0 bridgehead atoms. The molecule has 1 unspecified atom stereocenters. The number of para-hydroxylation sites is 1. The van der Waals surface area contributed by atoms with Gasteiger partial charge < -0.3 is 20.1 Å². The summed E-state index contributed by atoms with van der Waals surface area (Å²) < 4.78 is 4.82. The van der Waals surface area contributed by atoms with Crippen LogP contribution in [0.25, 0.3) is 0 Å². The van der Waals surface area contributed by atoms with Crippen LogP contribution in [-0.2, 0) is 4.74 Å². The molecule has 0 amide bonds. The number of rotatable bonds is 3. The van der Waals surface area contributed by atoms with Crippen LogP contribution in [0.15, 0.2) is 24.3 Å². The van der Waals surface area contributed by atoms with Crippen LogP contribution in [0.4, 0.5) is 5.69 Å². The number of benzene rings is 1. The minimum Gasteiger partial charge on any atom is -0.465 e. The van der Waals surface area contributed by atoms with Crippen molar-refractivity contribution in [1.29, 1.82) is 0 Å². The van der Waals surface area contributed by atoms with Gasteiger partial charge in [-0.2, -0.15) is 0 Å². The van der Waals surface area contributed by atoms with Crippen molar-refractivity contribution in [3.63, 3.8) is 0 Å². The van der Waals surface area contributed by atoms with Gasteiger partial charge in [-0.05, 0) is 25.1 Å². The Hall–Kier alpha value is -1.59. The quantitative estimate of drug-likeness (QED) is 0.784. The van der Waals surface area contributed by atoms with Crippen molar-refractivity contribution in [1.82, 2.24) is 5.32 Å². The second-order valence-electron chi connectivity index (χ2n) is 4.60. The Morgan fingerprint density at radius 3 is 3.05 bits per heavy atom. The molecular formula is C14H20N2O3. The first kappa shape index (κ1) is 13.8. The molecule has 1 aromatic rings. The molecule has 104 valence electrons. The molecule has 19 heavy (non-hydrogen) atoms. The van der Waals surface area contributed by atoms with Crippen LogP contribution >= 0.6 is 0 Å². The van der Waals surface area contributed by atoms with Gasteiger partial charge in [-0.1, -0.05) is 12.1 Å². The van der Waals surface area contributed by atoms with Gasteiger partial charge in [0.15, 0.2) is 0 Å². The van der Waals surface area contributed by atoms with E-state index in [0.29, 0.717) is 12.1 Å². The van der Waals surface area contributed by atoms with E-state index in [1.807, 2.05) is 18.2 Å². The molecule has 0 aromatic heterocycles. The van der Waals surface area contributed by atoms with Crippen molar-refractivity contribution < 1.29 is 14.6 Å². The minimum absolute atomic E-state index is 0.0201. The maximum atomic E-state index is 11.8. The van der Waals surface area contributed by atoms with E-state index in [2.05, 4.69) is 10.2 Å². The van der Waals surface area contributed by atoms with Crippen LogP contribution in [0.2, 0.25) is 0 Å². The molecule has 2 N–H and O–H groups in total. The minimum atomic E-state index is -0.343. The van der Waals surface area contributed by atoms with Gasteiger partial charge in [0.05, 0.1) is 31.0 Å². The largest absolute Gasteiger partial charge is 0.465 e. The standard InChI is InChI=1S/C14H20N2O3/c1-19-14(18)12-5-2-3-6-13(12)16-8-4-7-15-9-11(16)10-17/h2-3,5-6,11,15,17H,4,7-10H2,1H3. The summed E-state index contributed by atoms with van der Waals surface area (Å²) in [4.78, 5) is 13.9. The zero-order valence-corrected chi connectivity index (χ0v) is 11.1. The van der Waals surface area contributed by atoms with Gasteiger partial charge in [0.1, 0.15) is 0 Å². The predicted molar refractivity (Wildman–Crippen MR) is 73.5 cm³/mol. The van der Waals surface area contributed by atoms with Crippen LogP contribution in [0.5, 0.6) is 0 Å². The fraction of sp³-hybridized carbons (Fsp3) is 0.500. The molecule has 0 aliphatic carbocycles. The normalized spacial score (nSPS) is 19.9. The molecule has 1 fully saturated rings. The van der Waals surface area contributed by atoms with Gasteiger partial charge in [0.2, 0.25) is 0 Å². The molecule has 0 radical (unpaired) electrons. The molecule has 1 atom stereocenters. The number of hydrogen-bond acceptors (Lipinski definition) is 5. The van der Waals surface area contributed by atoms with E-state index in [4.69, 9.17) is 4.74 Å². The molecule has 5 nitrogen and oxygen atoms in total. The lowest BCUT2D eigenvalue weighted by Crippen LogP contribution is -2.43.